The molecule has 1 amide bonds. The molecule has 0 bridgehead atoms. The Kier molecular flexibility index (Phi) is 4.68. The van der Waals surface area contributed by atoms with E-state index in [0.717, 1.165) is 12.2 Å². The first-order valence-electron chi connectivity index (χ1n) is 7.60. The highest BCUT2D eigenvalue weighted by Crippen LogP contribution is 2.26. The average molecular weight is 278 g/mol. The van der Waals surface area contributed by atoms with Crippen molar-refractivity contribution in [3.8, 4) is 0 Å². The van der Waals surface area contributed by atoms with Gasteiger partial charge in [0.25, 0.3) is 5.91 Å². The molecule has 0 aromatic carbocycles. The lowest BCUT2D eigenvalue weighted by atomic mass is 9.89. The molecule has 20 heavy (non-hydrogen) atoms. The maximum absolute atomic E-state index is 12.4. The summed E-state index contributed by atoms with van der Waals surface area (Å²) in [6.07, 6.45) is 6.36. The van der Waals surface area contributed by atoms with Crippen molar-refractivity contribution in [2.45, 2.75) is 51.9 Å². The number of anilines is 1. The maximum atomic E-state index is 12.4. The number of hydrogen-bond acceptors (Lipinski definition) is 3. The molecule has 3 N–H and O–H groups in total. The third-order valence-electron chi connectivity index (χ3n) is 4.22. The second kappa shape index (κ2) is 6.29. The van der Waals surface area contributed by atoms with Crippen molar-refractivity contribution >= 4 is 11.6 Å². The zero-order chi connectivity index (χ0) is 14.7. The van der Waals surface area contributed by atoms with Crippen molar-refractivity contribution in [3.05, 3.63) is 11.4 Å². The van der Waals surface area contributed by atoms with E-state index < -0.39 is 0 Å². The topological polar surface area (TPSA) is 75.0 Å². The van der Waals surface area contributed by atoms with Gasteiger partial charge in [-0.1, -0.05) is 33.1 Å². The van der Waals surface area contributed by atoms with E-state index in [9.17, 15) is 4.79 Å². The van der Waals surface area contributed by atoms with E-state index in [1.54, 1.807) is 4.90 Å². The second-order valence-electron chi connectivity index (χ2n) is 6.24. The number of hydrogen-bond donors (Lipinski definition) is 2. The van der Waals surface area contributed by atoms with Gasteiger partial charge in [-0.2, -0.15) is 5.10 Å². The SMILES string of the molecule is CC(C)c1[nH]nc(C(=O)N(C)CC2CCCCC2)c1N. The standard InChI is InChI=1S/C15H26N4O/c1-10(2)13-12(16)14(18-17-13)15(20)19(3)9-11-7-5-4-6-8-11/h10-11H,4-9,16H2,1-3H3,(H,17,18). The predicted octanol–water partition coefficient (Wildman–Crippen LogP) is 2.77. The minimum Gasteiger partial charge on any atom is -0.395 e. The number of rotatable bonds is 4. The molecule has 1 aliphatic rings. The fourth-order valence-electron chi connectivity index (χ4n) is 2.99. The number of carbonyl (C=O) groups excluding carboxylic acids is 1. The van der Waals surface area contributed by atoms with Crippen LogP contribution in [0.4, 0.5) is 5.69 Å². The highest BCUT2D eigenvalue weighted by molar-refractivity contribution is 5.97. The highest BCUT2D eigenvalue weighted by atomic mass is 16.2. The summed E-state index contributed by atoms with van der Waals surface area (Å²) < 4.78 is 0. The van der Waals surface area contributed by atoms with Crippen LogP contribution in [0.2, 0.25) is 0 Å². The number of nitrogens with one attached hydrogen (secondary N) is 1. The first kappa shape index (κ1) is 14.9. The second-order valence-corrected chi connectivity index (χ2v) is 6.24. The lowest BCUT2D eigenvalue weighted by Gasteiger charge is -2.26. The van der Waals surface area contributed by atoms with Crippen LogP contribution < -0.4 is 5.73 Å². The molecule has 112 valence electrons. The summed E-state index contributed by atoms with van der Waals surface area (Å²) in [6.45, 7) is 4.87. The summed E-state index contributed by atoms with van der Waals surface area (Å²) in [6, 6.07) is 0. The lowest BCUT2D eigenvalue weighted by Crippen LogP contribution is -2.33. The third kappa shape index (κ3) is 3.14. The molecule has 0 saturated heterocycles. The highest BCUT2D eigenvalue weighted by Gasteiger charge is 2.24. The van der Waals surface area contributed by atoms with Gasteiger partial charge in [0, 0.05) is 13.6 Å². The Hall–Kier alpha value is -1.52. The largest absolute Gasteiger partial charge is 0.395 e. The predicted molar refractivity (Wildman–Crippen MR) is 80.6 cm³/mol. The summed E-state index contributed by atoms with van der Waals surface area (Å²) in [4.78, 5) is 14.2. The molecule has 5 nitrogen and oxygen atoms in total. The molecule has 0 atom stereocenters. The molecule has 1 fully saturated rings. The van der Waals surface area contributed by atoms with E-state index in [-0.39, 0.29) is 11.8 Å². The zero-order valence-corrected chi connectivity index (χ0v) is 12.8. The first-order chi connectivity index (χ1) is 9.50. The molecular formula is C15H26N4O. The van der Waals surface area contributed by atoms with Crippen molar-refractivity contribution in [3.63, 3.8) is 0 Å². The minimum absolute atomic E-state index is 0.0729. The lowest BCUT2D eigenvalue weighted by molar-refractivity contribution is 0.0756. The molecule has 2 rings (SSSR count). The molecule has 5 heteroatoms. The number of nitrogens with two attached hydrogens (primary N) is 1. The van der Waals surface area contributed by atoms with Crippen LogP contribution in [0, 0.1) is 5.92 Å². The Labute approximate surface area is 120 Å². The van der Waals surface area contributed by atoms with Gasteiger partial charge >= 0.3 is 0 Å². The summed E-state index contributed by atoms with van der Waals surface area (Å²) in [5, 5.41) is 7.00. The Morgan fingerprint density at radius 3 is 2.60 bits per heavy atom. The van der Waals surface area contributed by atoms with E-state index in [0.29, 0.717) is 17.3 Å². The number of nitrogens with zero attached hydrogens (tertiary/aromatic N) is 2. The number of carbonyl (C=O) groups is 1. The Morgan fingerprint density at radius 1 is 1.40 bits per heavy atom. The van der Waals surface area contributed by atoms with Crippen molar-refractivity contribution in [2.75, 3.05) is 19.3 Å². The number of aromatic amines is 1. The summed E-state index contributed by atoms with van der Waals surface area (Å²) in [5.74, 6) is 0.798. The van der Waals surface area contributed by atoms with E-state index >= 15 is 0 Å². The molecule has 1 aromatic heterocycles. The normalized spacial score (nSPS) is 16.6. The number of amides is 1. The van der Waals surface area contributed by atoms with Crippen molar-refractivity contribution in [1.29, 1.82) is 0 Å². The van der Waals surface area contributed by atoms with Gasteiger partial charge in [0.1, 0.15) is 0 Å². The number of H-pyrrole nitrogens is 1. The van der Waals surface area contributed by atoms with Gasteiger partial charge in [0.05, 0.1) is 11.4 Å². The molecular weight excluding hydrogens is 252 g/mol. The Morgan fingerprint density at radius 2 is 2.05 bits per heavy atom. The monoisotopic (exact) mass is 278 g/mol. The van der Waals surface area contributed by atoms with Gasteiger partial charge in [-0.25, -0.2) is 0 Å². The van der Waals surface area contributed by atoms with E-state index in [2.05, 4.69) is 10.2 Å². The first-order valence-corrected chi connectivity index (χ1v) is 7.60. The van der Waals surface area contributed by atoms with Gasteiger partial charge in [-0.15, -0.1) is 0 Å². The molecule has 1 aromatic rings. The van der Waals surface area contributed by atoms with Crippen LogP contribution in [-0.2, 0) is 0 Å². The van der Waals surface area contributed by atoms with Crippen molar-refractivity contribution < 1.29 is 4.79 Å². The summed E-state index contributed by atoms with van der Waals surface area (Å²) in [7, 11) is 1.85. The van der Waals surface area contributed by atoms with Crippen LogP contribution in [0.1, 0.15) is 68.1 Å². The summed E-state index contributed by atoms with van der Waals surface area (Å²) in [5.41, 5.74) is 7.75. The fraction of sp³-hybridized carbons (Fsp3) is 0.733. The smallest absolute Gasteiger partial charge is 0.276 e. The van der Waals surface area contributed by atoms with Gasteiger partial charge < -0.3 is 10.6 Å². The van der Waals surface area contributed by atoms with Crippen LogP contribution in [0.5, 0.6) is 0 Å². The van der Waals surface area contributed by atoms with Crippen LogP contribution >= 0.6 is 0 Å². The average Bonchev–Trinajstić information content (AvgIpc) is 2.81. The van der Waals surface area contributed by atoms with Crippen LogP contribution in [0.15, 0.2) is 0 Å². The van der Waals surface area contributed by atoms with E-state index in [4.69, 9.17) is 5.73 Å². The van der Waals surface area contributed by atoms with E-state index in [1.807, 2.05) is 20.9 Å². The zero-order valence-electron chi connectivity index (χ0n) is 12.8. The fourth-order valence-corrected chi connectivity index (χ4v) is 2.99. The number of aromatic nitrogens is 2. The van der Waals surface area contributed by atoms with Gasteiger partial charge in [-0.3, -0.25) is 9.89 Å². The van der Waals surface area contributed by atoms with E-state index in [1.165, 1.54) is 32.1 Å². The third-order valence-corrected chi connectivity index (χ3v) is 4.22. The van der Waals surface area contributed by atoms with Crippen molar-refractivity contribution in [2.24, 2.45) is 5.92 Å². The quantitative estimate of drug-likeness (QED) is 0.889. The molecule has 1 saturated carbocycles. The molecule has 1 aliphatic carbocycles. The van der Waals surface area contributed by atoms with Crippen LogP contribution in [-0.4, -0.2) is 34.6 Å². The summed E-state index contributed by atoms with van der Waals surface area (Å²) >= 11 is 0. The van der Waals surface area contributed by atoms with Gasteiger partial charge in [-0.05, 0) is 24.7 Å². The Bertz CT molecular complexity index is 460. The molecule has 0 aliphatic heterocycles. The molecule has 0 unspecified atom stereocenters. The molecule has 0 radical (unpaired) electrons. The number of nitrogen functional groups attached to an aromatic ring is 1. The molecule has 0 spiro atoms. The minimum atomic E-state index is -0.0729. The van der Waals surface area contributed by atoms with Crippen LogP contribution in [0.25, 0.3) is 0 Å². The van der Waals surface area contributed by atoms with Gasteiger partial charge in [0.2, 0.25) is 0 Å². The Balaban J connectivity index is 2.02. The van der Waals surface area contributed by atoms with Gasteiger partial charge in [0.15, 0.2) is 5.69 Å². The van der Waals surface area contributed by atoms with Crippen molar-refractivity contribution in [1.82, 2.24) is 15.1 Å². The molecule has 1 heterocycles. The maximum Gasteiger partial charge on any atom is 0.276 e. The van der Waals surface area contributed by atoms with Crippen LogP contribution in [0.3, 0.4) is 0 Å².